The molecule has 1 aromatic heterocycles. The lowest BCUT2D eigenvalue weighted by molar-refractivity contribution is -0.0821. The van der Waals surface area contributed by atoms with Crippen LogP contribution in [-0.4, -0.2) is 28.4 Å². The number of allylic oxidation sites excluding steroid dienone is 3. The average Bonchev–Trinajstić information content (AvgIpc) is 2.84. The zero-order chi connectivity index (χ0) is 22.0. The van der Waals surface area contributed by atoms with Crippen molar-refractivity contribution in [3.05, 3.63) is 88.6 Å². The van der Waals surface area contributed by atoms with Gasteiger partial charge in [0.25, 0.3) is 5.92 Å². The molecule has 0 amide bonds. The number of pyridine rings is 1. The van der Waals surface area contributed by atoms with Crippen LogP contribution in [0.5, 0.6) is 0 Å². The predicted octanol–water partition coefficient (Wildman–Crippen LogP) is 7.17. The van der Waals surface area contributed by atoms with Crippen molar-refractivity contribution >= 4 is 11.8 Å². The first-order chi connectivity index (χ1) is 15.6. The number of aromatic nitrogens is 1. The Kier molecular flexibility index (Phi) is 6.47. The molecule has 2 nitrogen and oxygen atoms in total. The lowest BCUT2D eigenvalue weighted by atomic mass is 9.73. The van der Waals surface area contributed by atoms with Crippen LogP contribution in [0.15, 0.2) is 77.5 Å². The number of alkyl halides is 2. The van der Waals surface area contributed by atoms with E-state index < -0.39 is 11.8 Å². The molecule has 0 spiro atoms. The lowest BCUT2D eigenvalue weighted by Crippen LogP contribution is -2.50. The van der Waals surface area contributed by atoms with Crippen molar-refractivity contribution < 1.29 is 8.78 Å². The molecule has 168 valence electrons. The molecule has 1 aromatic carbocycles. The summed E-state index contributed by atoms with van der Waals surface area (Å²) in [7, 11) is 0. The maximum atomic E-state index is 15.1. The van der Waals surface area contributed by atoms with E-state index in [-0.39, 0.29) is 18.5 Å². The summed E-state index contributed by atoms with van der Waals surface area (Å²) >= 11 is 1.70. The Morgan fingerprint density at radius 3 is 2.69 bits per heavy atom. The maximum Gasteiger partial charge on any atom is 0.255 e. The van der Waals surface area contributed by atoms with Crippen LogP contribution in [-0.2, 0) is 5.75 Å². The monoisotopic (exact) mass is 452 g/mol. The Hall–Kier alpha value is -1.98. The van der Waals surface area contributed by atoms with Crippen LogP contribution in [0.4, 0.5) is 8.78 Å². The van der Waals surface area contributed by atoms with Gasteiger partial charge in [-0.2, -0.15) is 0 Å². The van der Waals surface area contributed by atoms with Gasteiger partial charge in [-0.1, -0.05) is 55.0 Å². The van der Waals surface area contributed by atoms with Gasteiger partial charge in [-0.25, -0.2) is 8.78 Å². The minimum absolute atomic E-state index is 0.0213. The number of hydrogen-bond donors (Lipinski definition) is 0. The van der Waals surface area contributed by atoms with Gasteiger partial charge in [-0.3, -0.25) is 9.88 Å². The van der Waals surface area contributed by atoms with Gasteiger partial charge in [0.2, 0.25) is 0 Å². The highest BCUT2D eigenvalue weighted by Gasteiger charge is 2.50. The highest BCUT2D eigenvalue weighted by Crippen LogP contribution is 2.51. The Morgan fingerprint density at radius 2 is 1.88 bits per heavy atom. The first-order valence-electron chi connectivity index (χ1n) is 11.7. The smallest absolute Gasteiger partial charge is 0.255 e. The van der Waals surface area contributed by atoms with E-state index in [9.17, 15) is 0 Å². The van der Waals surface area contributed by atoms with Crippen molar-refractivity contribution in [1.82, 2.24) is 9.88 Å². The molecule has 2 aliphatic carbocycles. The van der Waals surface area contributed by atoms with Crippen molar-refractivity contribution in [1.29, 1.82) is 0 Å². The van der Waals surface area contributed by atoms with Crippen molar-refractivity contribution in [2.24, 2.45) is 5.92 Å². The summed E-state index contributed by atoms with van der Waals surface area (Å²) in [6, 6.07) is 14.7. The van der Waals surface area contributed by atoms with Crippen molar-refractivity contribution in [2.75, 3.05) is 6.54 Å². The van der Waals surface area contributed by atoms with Crippen LogP contribution in [0.1, 0.15) is 55.7 Å². The first-order valence-corrected chi connectivity index (χ1v) is 12.7. The molecule has 0 N–H and O–H groups in total. The molecule has 3 aliphatic rings. The minimum Gasteiger partial charge on any atom is -0.290 e. The lowest BCUT2D eigenvalue weighted by Gasteiger charge is -2.48. The second-order valence-electron chi connectivity index (χ2n) is 9.18. The van der Waals surface area contributed by atoms with Crippen LogP contribution in [0, 0.1) is 5.92 Å². The molecule has 1 saturated heterocycles. The van der Waals surface area contributed by atoms with Crippen molar-refractivity contribution in [2.45, 2.75) is 62.3 Å². The van der Waals surface area contributed by atoms with Gasteiger partial charge in [-0.05, 0) is 59.9 Å². The van der Waals surface area contributed by atoms with E-state index in [1.807, 2.05) is 36.5 Å². The Morgan fingerprint density at radius 1 is 1.00 bits per heavy atom. The molecular formula is C27H30F2N2S. The molecule has 0 radical (unpaired) electrons. The van der Waals surface area contributed by atoms with E-state index in [0.717, 1.165) is 35.6 Å². The van der Waals surface area contributed by atoms with Gasteiger partial charge in [0.1, 0.15) is 0 Å². The minimum atomic E-state index is -2.63. The number of likely N-dealkylation sites (tertiary alicyclic amines) is 1. The standard InChI is InChI=1S/C27H30F2N2S/c28-27(29)14-13-26(31-16-5-4-10-25(31)21-9-6-15-30-18-21)23-12-11-22(17-24(23)27)32-19-20-7-2-1-3-8-20/h1-3,6-9,11-12,15,18,24-26H,4-5,10,13-14,16-17,19H2/t24?,25-,26?/m0/s1. The van der Waals surface area contributed by atoms with Crippen LogP contribution < -0.4 is 0 Å². The third-order valence-electron chi connectivity index (χ3n) is 7.20. The predicted molar refractivity (Wildman–Crippen MR) is 128 cm³/mol. The molecule has 2 fully saturated rings. The van der Waals surface area contributed by atoms with Gasteiger partial charge < -0.3 is 0 Å². The maximum absolute atomic E-state index is 15.1. The van der Waals surface area contributed by atoms with Crippen LogP contribution in [0.3, 0.4) is 0 Å². The molecular weight excluding hydrogens is 422 g/mol. The second kappa shape index (κ2) is 9.48. The number of fused-ring (bicyclic) bond motifs is 1. The molecule has 3 atom stereocenters. The molecule has 5 rings (SSSR count). The van der Waals surface area contributed by atoms with E-state index in [0.29, 0.717) is 12.8 Å². The molecule has 1 saturated carbocycles. The van der Waals surface area contributed by atoms with E-state index in [4.69, 9.17) is 0 Å². The van der Waals surface area contributed by atoms with Gasteiger partial charge in [-0.15, -0.1) is 11.8 Å². The molecule has 5 heteroatoms. The second-order valence-corrected chi connectivity index (χ2v) is 10.3. The van der Waals surface area contributed by atoms with Crippen LogP contribution in [0.25, 0.3) is 0 Å². The SMILES string of the molecule is FC1(F)CCC(N2CCCC[C@H]2c2cccnc2)C2=CC=C(SCc3ccccc3)CC21. The van der Waals surface area contributed by atoms with Crippen LogP contribution >= 0.6 is 11.8 Å². The van der Waals surface area contributed by atoms with E-state index in [2.05, 4.69) is 34.2 Å². The summed E-state index contributed by atoms with van der Waals surface area (Å²) in [6.07, 6.45) is 12.3. The Balaban J connectivity index is 1.39. The molecule has 32 heavy (non-hydrogen) atoms. The summed E-state index contributed by atoms with van der Waals surface area (Å²) in [4.78, 5) is 7.90. The van der Waals surface area contributed by atoms with Gasteiger partial charge >= 0.3 is 0 Å². The Labute approximate surface area is 193 Å². The summed E-state index contributed by atoms with van der Waals surface area (Å²) in [6.45, 7) is 0.971. The summed E-state index contributed by atoms with van der Waals surface area (Å²) < 4.78 is 30.3. The van der Waals surface area contributed by atoms with E-state index in [1.165, 1.54) is 17.5 Å². The quantitative estimate of drug-likeness (QED) is 0.478. The highest BCUT2D eigenvalue weighted by molar-refractivity contribution is 8.02. The number of thioether (sulfide) groups is 1. The van der Waals surface area contributed by atoms with E-state index >= 15 is 8.78 Å². The molecule has 1 aliphatic heterocycles. The molecule has 2 heterocycles. The van der Waals surface area contributed by atoms with E-state index in [1.54, 1.807) is 18.0 Å². The molecule has 2 unspecified atom stereocenters. The average molecular weight is 453 g/mol. The fourth-order valence-corrected chi connectivity index (χ4v) is 6.56. The summed E-state index contributed by atoms with van der Waals surface area (Å²) in [5.41, 5.74) is 3.39. The summed E-state index contributed by atoms with van der Waals surface area (Å²) in [5.74, 6) is -2.48. The number of benzene rings is 1. The Bertz CT molecular complexity index is 974. The topological polar surface area (TPSA) is 16.1 Å². The normalized spacial score (nSPS) is 27.9. The third kappa shape index (κ3) is 4.55. The zero-order valence-electron chi connectivity index (χ0n) is 18.3. The fourth-order valence-electron chi connectivity index (χ4n) is 5.57. The first kappa shape index (κ1) is 21.8. The molecule has 2 aromatic rings. The largest absolute Gasteiger partial charge is 0.290 e. The van der Waals surface area contributed by atoms with Crippen molar-refractivity contribution in [3.63, 3.8) is 0 Å². The number of nitrogens with zero attached hydrogens (tertiary/aromatic N) is 2. The number of hydrogen-bond acceptors (Lipinski definition) is 3. The number of halogens is 2. The zero-order valence-corrected chi connectivity index (χ0v) is 19.1. The van der Waals surface area contributed by atoms with Crippen molar-refractivity contribution in [3.8, 4) is 0 Å². The summed E-state index contributed by atoms with van der Waals surface area (Å²) in [5, 5.41) is 0. The van der Waals surface area contributed by atoms with Gasteiger partial charge in [0.15, 0.2) is 0 Å². The number of rotatable bonds is 5. The highest BCUT2D eigenvalue weighted by atomic mass is 32.2. The van der Waals surface area contributed by atoms with Gasteiger partial charge in [0.05, 0.1) is 5.92 Å². The number of piperidine rings is 1. The third-order valence-corrected chi connectivity index (χ3v) is 8.35. The fraction of sp³-hybridized carbons (Fsp3) is 0.444. The molecule has 0 bridgehead atoms. The van der Waals surface area contributed by atoms with Crippen LogP contribution in [0.2, 0.25) is 0 Å². The van der Waals surface area contributed by atoms with Gasteiger partial charge in [0, 0.05) is 36.7 Å².